The van der Waals surface area contributed by atoms with E-state index < -0.39 is 0 Å². The van der Waals surface area contributed by atoms with E-state index >= 15 is 0 Å². The van der Waals surface area contributed by atoms with Gasteiger partial charge in [-0.1, -0.05) is 12.5 Å². The van der Waals surface area contributed by atoms with E-state index in [9.17, 15) is 4.79 Å². The van der Waals surface area contributed by atoms with Gasteiger partial charge in [0.15, 0.2) is 5.82 Å². The Morgan fingerprint density at radius 1 is 1.23 bits per heavy atom. The van der Waals surface area contributed by atoms with Crippen molar-refractivity contribution in [2.75, 3.05) is 39.4 Å². The van der Waals surface area contributed by atoms with E-state index in [1.165, 1.54) is 19.3 Å². The van der Waals surface area contributed by atoms with Gasteiger partial charge < -0.3 is 19.7 Å². The summed E-state index contributed by atoms with van der Waals surface area (Å²) in [5.41, 5.74) is 0.672. The first-order chi connectivity index (χ1) is 15.1. The summed E-state index contributed by atoms with van der Waals surface area (Å²) in [6.07, 6.45) is 5.85. The fourth-order valence-corrected chi connectivity index (χ4v) is 4.40. The molecule has 1 aromatic carbocycles. The summed E-state index contributed by atoms with van der Waals surface area (Å²) in [5.74, 6) is 1.16. The van der Waals surface area contributed by atoms with Crippen LogP contribution in [0, 0.1) is 5.41 Å². The molecule has 0 saturated carbocycles. The van der Waals surface area contributed by atoms with Crippen molar-refractivity contribution in [1.29, 1.82) is 0 Å². The number of nitrogens with zero attached hydrogens (tertiary/aromatic N) is 5. The van der Waals surface area contributed by atoms with Gasteiger partial charge in [0.1, 0.15) is 12.4 Å². The van der Waals surface area contributed by atoms with Gasteiger partial charge in [-0.15, -0.1) is 5.10 Å². The SMILES string of the molecule is Cn1nnnc1COc1cccc(C(=O)NCC2(CN3CCCCC3)CCOCC2)c1. The zero-order valence-corrected chi connectivity index (χ0v) is 18.3. The van der Waals surface area contributed by atoms with Crippen molar-refractivity contribution in [3.63, 3.8) is 0 Å². The summed E-state index contributed by atoms with van der Waals surface area (Å²) in [4.78, 5) is 15.5. The van der Waals surface area contributed by atoms with E-state index in [0.717, 1.165) is 45.7 Å². The number of aromatic nitrogens is 4. The molecular weight excluding hydrogens is 396 g/mol. The maximum atomic E-state index is 12.9. The standard InChI is InChI=1S/C22H32N6O3/c1-27-20(24-25-26-27)15-31-19-7-5-6-18(14-19)21(29)23-16-22(8-12-30-13-9-22)17-28-10-3-2-4-11-28/h5-7,14H,2-4,8-13,15-17H2,1H3,(H,23,29). The molecular formula is C22H32N6O3. The van der Waals surface area contributed by atoms with Gasteiger partial charge in [0.2, 0.25) is 0 Å². The van der Waals surface area contributed by atoms with Crippen LogP contribution >= 0.6 is 0 Å². The van der Waals surface area contributed by atoms with E-state index in [0.29, 0.717) is 23.7 Å². The molecule has 0 unspecified atom stereocenters. The molecule has 2 aliphatic rings. The molecule has 0 atom stereocenters. The number of ether oxygens (including phenoxy) is 2. The Morgan fingerprint density at radius 2 is 2.03 bits per heavy atom. The second kappa shape index (κ2) is 10.2. The van der Waals surface area contributed by atoms with Gasteiger partial charge in [-0.05, 0) is 67.4 Å². The third-order valence-electron chi connectivity index (χ3n) is 6.36. The molecule has 2 aliphatic heterocycles. The zero-order valence-electron chi connectivity index (χ0n) is 18.3. The highest BCUT2D eigenvalue weighted by atomic mass is 16.5. The van der Waals surface area contributed by atoms with Gasteiger partial charge in [-0.3, -0.25) is 4.79 Å². The molecule has 0 bridgehead atoms. The molecule has 31 heavy (non-hydrogen) atoms. The van der Waals surface area contributed by atoms with E-state index in [1.807, 2.05) is 18.2 Å². The number of piperidine rings is 1. The lowest BCUT2D eigenvalue weighted by molar-refractivity contribution is -0.00671. The third kappa shape index (κ3) is 5.80. The van der Waals surface area contributed by atoms with E-state index in [4.69, 9.17) is 9.47 Å². The van der Waals surface area contributed by atoms with Gasteiger partial charge in [0.05, 0.1) is 0 Å². The van der Waals surface area contributed by atoms with Gasteiger partial charge in [0, 0.05) is 44.3 Å². The lowest BCUT2D eigenvalue weighted by Gasteiger charge is -2.42. The monoisotopic (exact) mass is 428 g/mol. The Kier molecular flexibility index (Phi) is 7.14. The quantitative estimate of drug-likeness (QED) is 0.685. The molecule has 1 amide bonds. The third-order valence-corrected chi connectivity index (χ3v) is 6.36. The van der Waals surface area contributed by atoms with Crippen molar-refractivity contribution in [2.24, 2.45) is 12.5 Å². The summed E-state index contributed by atoms with van der Waals surface area (Å²) >= 11 is 0. The Hall–Kier alpha value is -2.52. The molecule has 1 N–H and O–H groups in total. The van der Waals surface area contributed by atoms with Crippen LogP contribution in [0.5, 0.6) is 5.75 Å². The summed E-state index contributed by atoms with van der Waals surface area (Å²) in [6, 6.07) is 7.24. The van der Waals surface area contributed by atoms with Gasteiger partial charge in [0.25, 0.3) is 5.91 Å². The van der Waals surface area contributed by atoms with Crippen LogP contribution < -0.4 is 10.1 Å². The van der Waals surface area contributed by atoms with Gasteiger partial charge in [-0.2, -0.15) is 0 Å². The number of likely N-dealkylation sites (tertiary alicyclic amines) is 1. The minimum Gasteiger partial charge on any atom is -0.486 e. The normalized spacial score (nSPS) is 19.1. The van der Waals surface area contributed by atoms with Crippen LogP contribution in [0.2, 0.25) is 0 Å². The molecule has 9 nitrogen and oxygen atoms in total. The second-order valence-corrected chi connectivity index (χ2v) is 8.67. The average Bonchev–Trinajstić information content (AvgIpc) is 3.22. The number of rotatable bonds is 8. The van der Waals surface area contributed by atoms with Crippen LogP contribution in [-0.2, 0) is 18.4 Å². The Bertz CT molecular complexity index is 858. The molecule has 2 aromatic rings. The van der Waals surface area contributed by atoms with Crippen molar-refractivity contribution in [3.05, 3.63) is 35.7 Å². The number of carbonyl (C=O) groups is 1. The number of tetrazole rings is 1. The molecule has 9 heteroatoms. The molecule has 0 aliphatic carbocycles. The zero-order chi connectivity index (χ0) is 21.5. The number of hydrogen-bond acceptors (Lipinski definition) is 7. The van der Waals surface area contributed by atoms with Gasteiger partial charge >= 0.3 is 0 Å². The molecule has 0 radical (unpaired) electrons. The first-order valence-electron chi connectivity index (χ1n) is 11.2. The van der Waals surface area contributed by atoms with Crippen LogP contribution in [0.1, 0.15) is 48.3 Å². The Labute approximate surface area is 183 Å². The van der Waals surface area contributed by atoms with E-state index in [2.05, 4.69) is 25.7 Å². The molecule has 168 valence electrons. The number of carbonyl (C=O) groups excluding carboxylic acids is 1. The summed E-state index contributed by atoms with van der Waals surface area (Å²) < 4.78 is 13.0. The largest absolute Gasteiger partial charge is 0.486 e. The minimum atomic E-state index is -0.0738. The predicted molar refractivity (Wildman–Crippen MR) is 115 cm³/mol. The number of amides is 1. The summed E-state index contributed by atoms with van der Waals surface area (Å²) in [5, 5.41) is 14.5. The van der Waals surface area contributed by atoms with Crippen LogP contribution in [-0.4, -0.2) is 70.4 Å². The van der Waals surface area contributed by atoms with E-state index in [1.54, 1.807) is 17.8 Å². The van der Waals surface area contributed by atoms with Crippen molar-refractivity contribution >= 4 is 5.91 Å². The van der Waals surface area contributed by atoms with Crippen LogP contribution in [0.3, 0.4) is 0 Å². The first kappa shape index (κ1) is 21.7. The lowest BCUT2D eigenvalue weighted by Crippen LogP contribution is -2.49. The topological polar surface area (TPSA) is 94.4 Å². The molecule has 0 spiro atoms. The van der Waals surface area contributed by atoms with Crippen molar-refractivity contribution in [3.8, 4) is 5.75 Å². The predicted octanol–water partition coefficient (Wildman–Crippen LogP) is 1.80. The molecule has 2 saturated heterocycles. The highest BCUT2D eigenvalue weighted by Crippen LogP contribution is 2.32. The Balaban J connectivity index is 1.35. The van der Waals surface area contributed by atoms with Crippen LogP contribution in [0.25, 0.3) is 0 Å². The number of hydrogen-bond donors (Lipinski definition) is 1. The second-order valence-electron chi connectivity index (χ2n) is 8.67. The molecule has 3 heterocycles. The highest BCUT2D eigenvalue weighted by Gasteiger charge is 2.35. The van der Waals surface area contributed by atoms with E-state index in [-0.39, 0.29) is 17.9 Å². The maximum Gasteiger partial charge on any atom is 0.251 e. The highest BCUT2D eigenvalue weighted by molar-refractivity contribution is 5.94. The van der Waals surface area contributed by atoms with Crippen molar-refractivity contribution in [2.45, 2.75) is 38.7 Å². The Morgan fingerprint density at radius 3 is 2.77 bits per heavy atom. The smallest absolute Gasteiger partial charge is 0.251 e. The fourth-order valence-electron chi connectivity index (χ4n) is 4.40. The number of nitrogens with one attached hydrogen (secondary N) is 1. The fraction of sp³-hybridized carbons (Fsp3) is 0.636. The van der Waals surface area contributed by atoms with Crippen LogP contribution in [0.4, 0.5) is 0 Å². The minimum absolute atomic E-state index is 0.0738. The average molecular weight is 429 g/mol. The number of benzene rings is 1. The molecule has 4 rings (SSSR count). The van der Waals surface area contributed by atoms with Crippen LogP contribution in [0.15, 0.2) is 24.3 Å². The summed E-state index contributed by atoms with van der Waals surface area (Å²) in [7, 11) is 1.76. The number of aryl methyl sites for hydroxylation is 1. The summed E-state index contributed by atoms with van der Waals surface area (Å²) in [6.45, 7) is 5.81. The molecule has 2 fully saturated rings. The van der Waals surface area contributed by atoms with Crippen molar-refractivity contribution in [1.82, 2.24) is 30.4 Å². The lowest BCUT2D eigenvalue weighted by atomic mass is 9.79. The van der Waals surface area contributed by atoms with Gasteiger partial charge in [-0.25, -0.2) is 4.68 Å². The molecule has 1 aromatic heterocycles. The first-order valence-corrected chi connectivity index (χ1v) is 11.2. The van der Waals surface area contributed by atoms with Crippen molar-refractivity contribution < 1.29 is 14.3 Å². The maximum absolute atomic E-state index is 12.9.